The van der Waals surface area contributed by atoms with Crippen LogP contribution in [0.2, 0.25) is 0 Å². The summed E-state index contributed by atoms with van der Waals surface area (Å²) >= 11 is 0. The second-order valence-electron chi connectivity index (χ2n) is 3.40. The molecule has 0 bridgehead atoms. The maximum Gasteiger partial charge on any atom is 0.329 e. The van der Waals surface area contributed by atoms with Crippen LogP contribution in [0.3, 0.4) is 0 Å². The molecule has 0 amide bonds. The van der Waals surface area contributed by atoms with Crippen molar-refractivity contribution in [3.8, 4) is 6.07 Å². The van der Waals surface area contributed by atoms with Gasteiger partial charge in [-0.3, -0.25) is 0 Å². The fourth-order valence-electron chi connectivity index (χ4n) is 1.18. The van der Waals surface area contributed by atoms with E-state index in [4.69, 9.17) is 10.4 Å². The van der Waals surface area contributed by atoms with E-state index >= 15 is 0 Å². The summed E-state index contributed by atoms with van der Waals surface area (Å²) in [5.41, 5.74) is 0.371. The molecule has 0 unspecified atom stereocenters. The van der Waals surface area contributed by atoms with Gasteiger partial charge in [0, 0.05) is 0 Å². The predicted octanol–water partition coefficient (Wildman–Crippen LogP) is 0.433. The Hall–Kier alpha value is -1.91. The van der Waals surface area contributed by atoms with Gasteiger partial charge in [0.15, 0.2) is 9.84 Å². The summed E-state index contributed by atoms with van der Waals surface area (Å²) in [6, 6.07) is 7.38. The van der Waals surface area contributed by atoms with Gasteiger partial charge in [-0.15, -0.1) is 0 Å². The maximum absolute atomic E-state index is 11.8. The number of aliphatic carboxylic acids is 1. The number of benzene rings is 1. The first-order valence-corrected chi connectivity index (χ1v) is 6.63. The fraction of sp³-hybridized carbons (Fsp3) is 0.273. The van der Waals surface area contributed by atoms with Gasteiger partial charge in [-0.2, -0.15) is 5.26 Å². The number of rotatable bonds is 6. The molecule has 0 saturated heterocycles. The van der Waals surface area contributed by atoms with Gasteiger partial charge < -0.3 is 9.84 Å². The lowest BCUT2D eigenvalue weighted by Gasteiger charge is -2.04. The summed E-state index contributed by atoms with van der Waals surface area (Å²) < 4.78 is 28.2. The zero-order chi connectivity index (χ0) is 13.6. The van der Waals surface area contributed by atoms with Crippen molar-refractivity contribution >= 4 is 15.8 Å². The van der Waals surface area contributed by atoms with Crippen LogP contribution in [0.15, 0.2) is 29.2 Å². The average molecular weight is 269 g/mol. The van der Waals surface area contributed by atoms with E-state index in [1.165, 1.54) is 24.3 Å². The van der Waals surface area contributed by atoms with Crippen LogP contribution < -0.4 is 0 Å². The minimum absolute atomic E-state index is 0.0837. The van der Waals surface area contributed by atoms with E-state index in [-0.39, 0.29) is 17.3 Å². The van der Waals surface area contributed by atoms with Crippen molar-refractivity contribution in [2.45, 2.75) is 4.90 Å². The topological polar surface area (TPSA) is 104 Å². The van der Waals surface area contributed by atoms with Gasteiger partial charge in [0.05, 0.1) is 28.9 Å². The SMILES string of the molecule is N#Cc1ccc(S(=O)(=O)CCOCC(=O)O)cc1. The molecule has 0 atom stereocenters. The number of carboxylic acids is 1. The molecule has 0 fully saturated rings. The van der Waals surface area contributed by atoms with E-state index in [1.54, 1.807) is 0 Å². The van der Waals surface area contributed by atoms with Crippen molar-refractivity contribution in [3.63, 3.8) is 0 Å². The van der Waals surface area contributed by atoms with E-state index in [9.17, 15) is 13.2 Å². The summed E-state index contributed by atoms with van der Waals surface area (Å²) in [5.74, 6) is -1.45. The van der Waals surface area contributed by atoms with Crippen LogP contribution in [0.5, 0.6) is 0 Å². The third kappa shape index (κ3) is 4.16. The number of ether oxygens (including phenoxy) is 1. The van der Waals surface area contributed by atoms with Gasteiger partial charge in [-0.25, -0.2) is 13.2 Å². The molecule has 1 rings (SSSR count). The largest absolute Gasteiger partial charge is 0.480 e. The Bertz CT molecular complexity index is 556. The van der Waals surface area contributed by atoms with Gasteiger partial charge in [0.2, 0.25) is 0 Å². The highest BCUT2D eigenvalue weighted by Gasteiger charge is 2.14. The molecule has 0 spiro atoms. The molecule has 0 heterocycles. The van der Waals surface area contributed by atoms with E-state index in [2.05, 4.69) is 4.74 Å². The first kappa shape index (κ1) is 14.2. The monoisotopic (exact) mass is 269 g/mol. The van der Waals surface area contributed by atoms with Gasteiger partial charge in [-0.1, -0.05) is 0 Å². The Balaban J connectivity index is 2.63. The number of carbonyl (C=O) groups is 1. The molecule has 1 aromatic rings. The Morgan fingerprint density at radius 2 is 1.94 bits per heavy atom. The number of hydrogen-bond acceptors (Lipinski definition) is 5. The second kappa shape index (κ2) is 6.14. The smallest absolute Gasteiger partial charge is 0.329 e. The lowest BCUT2D eigenvalue weighted by atomic mass is 10.2. The third-order valence-corrected chi connectivity index (χ3v) is 3.76. The number of nitrogens with zero attached hydrogens (tertiary/aromatic N) is 1. The Morgan fingerprint density at radius 1 is 1.33 bits per heavy atom. The van der Waals surface area contributed by atoms with Crippen LogP contribution in [0.25, 0.3) is 0 Å². The summed E-state index contributed by atoms with van der Waals surface area (Å²) in [6.45, 7) is -0.711. The van der Waals surface area contributed by atoms with Crippen molar-refractivity contribution < 1.29 is 23.1 Å². The van der Waals surface area contributed by atoms with Gasteiger partial charge in [-0.05, 0) is 24.3 Å². The van der Waals surface area contributed by atoms with Crippen LogP contribution in [0, 0.1) is 11.3 Å². The van der Waals surface area contributed by atoms with Crippen LogP contribution in [-0.4, -0.2) is 38.5 Å². The quantitative estimate of drug-likeness (QED) is 0.751. The van der Waals surface area contributed by atoms with Crippen LogP contribution in [-0.2, 0) is 19.4 Å². The molecular formula is C11H11NO5S. The predicted molar refractivity (Wildman–Crippen MR) is 61.7 cm³/mol. The minimum Gasteiger partial charge on any atom is -0.480 e. The van der Waals surface area contributed by atoms with Crippen molar-refractivity contribution in [1.82, 2.24) is 0 Å². The number of nitriles is 1. The summed E-state index contributed by atoms with van der Waals surface area (Å²) in [5, 5.41) is 16.9. The zero-order valence-corrected chi connectivity index (χ0v) is 10.2. The van der Waals surface area contributed by atoms with Crippen LogP contribution >= 0.6 is 0 Å². The van der Waals surface area contributed by atoms with Gasteiger partial charge in [0.25, 0.3) is 0 Å². The molecule has 1 aromatic carbocycles. The van der Waals surface area contributed by atoms with E-state index in [0.29, 0.717) is 5.56 Å². The van der Waals surface area contributed by atoms with Gasteiger partial charge >= 0.3 is 5.97 Å². The zero-order valence-electron chi connectivity index (χ0n) is 9.37. The molecule has 0 aliphatic heterocycles. The minimum atomic E-state index is -3.51. The van der Waals surface area contributed by atoms with Crippen molar-refractivity contribution in [2.24, 2.45) is 0 Å². The Labute approximate surface area is 104 Å². The highest BCUT2D eigenvalue weighted by atomic mass is 32.2. The van der Waals surface area contributed by atoms with E-state index < -0.39 is 22.4 Å². The van der Waals surface area contributed by atoms with Crippen LogP contribution in [0.4, 0.5) is 0 Å². The molecule has 0 aliphatic rings. The highest BCUT2D eigenvalue weighted by molar-refractivity contribution is 7.91. The molecule has 0 radical (unpaired) electrons. The normalized spacial score (nSPS) is 10.8. The summed E-state index contributed by atoms with van der Waals surface area (Å²) in [7, 11) is -3.51. The molecule has 1 N–H and O–H groups in total. The molecule has 0 saturated carbocycles. The molecule has 0 aliphatic carbocycles. The van der Waals surface area contributed by atoms with Crippen molar-refractivity contribution in [1.29, 1.82) is 5.26 Å². The first-order valence-electron chi connectivity index (χ1n) is 4.98. The standard InChI is InChI=1S/C11H11NO5S/c12-7-9-1-3-10(4-2-9)18(15,16)6-5-17-8-11(13)14/h1-4H,5-6,8H2,(H,13,14). The molecule has 96 valence electrons. The Morgan fingerprint density at radius 3 is 2.44 bits per heavy atom. The van der Waals surface area contributed by atoms with Crippen molar-refractivity contribution in [3.05, 3.63) is 29.8 Å². The number of sulfone groups is 1. The fourth-order valence-corrected chi connectivity index (χ4v) is 2.31. The molecule has 7 heteroatoms. The van der Waals surface area contributed by atoms with Crippen LogP contribution in [0.1, 0.15) is 5.56 Å². The third-order valence-electron chi connectivity index (χ3n) is 2.06. The highest BCUT2D eigenvalue weighted by Crippen LogP contribution is 2.12. The summed E-state index contributed by atoms with van der Waals surface area (Å²) in [6.07, 6.45) is 0. The lowest BCUT2D eigenvalue weighted by molar-refractivity contribution is -0.142. The lowest BCUT2D eigenvalue weighted by Crippen LogP contribution is -2.15. The number of carboxylic acid groups (broad SMARTS) is 1. The molecule has 18 heavy (non-hydrogen) atoms. The first-order chi connectivity index (χ1) is 8.45. The average Bonchev–Trinajstić information content (AvgIpc) is 2.34. The van der Waals surface area contributed by atoms with E-state index in [0.717, 1.165) is 0 Å². The van der Waals surface area contributed by atoms with Crippen molar-refractivity contribution in [2.75, 3.05) is 19.0 Å². The maximum atomic E-state index is 11.8. The molecule has 0 aromatic heterocycles. The molecular weight excluding hydrogens is 258 g/mol. The Kier molecular flexibility index (Phi) is 4.83. The second-order valence-corrected chi connectivity index (χ2v) is 5.51. The van der Waals surface area contributed by atoms with E-state index in [1.807, 2.05) is 6.07 Å². The summed E-state index contributed by atoms with van der Waals surface area (Å²) in [4.78, 5) is 10.2. The molecule has 6 nitrogen and oxygen atoms in total. The van der Waals surface area contributed by atoms with Gasteiger partial charge in [0.1, 0.15) is 6.61 Å². The number of hydrogen-bond donors (Lipinski definition) is 1.